The quantitative estimate of drug-likeness (QED) is 0.853. The van der Waals surface area contributed by atoms with Crippen molar-refractivity contribution < 1.29 is 9.18 Å². The summed E-state index contributed by atoms with van der Waals surface area (Å²) in [5, 5.41) is 9.41. The van der Waals surface area contributed by atoms with E-state index < -0.39 is 0 Å². The first-order valence-corrected chi connectivity index (χ1v) is 7.37. The third-order valence-electron chi connectivity index (χ3n) is 4.23. The van der Waals surface area contributed by atoms with Crippen LogP contribution in [0.3, 0.4) is 0 Å². The lowest BCUT2D eigenvalue weighted by Crippen LogP contribution is -2.49. The Hall–Kier alpha value is -1.93. The Morgan fingerprint density at radius 3 is 2.33 bits per heavy atom. The van der Waals surface area contributed by atoms with Gasteiger partial charge in [0, 0.05) is 32.1 Å². The Morgan fingerprint density at radius 1 is 1.19 bits per heavy atom. The molecule has 1 aliphatic heterocycles. The van der Waals surface area contributed by atoms with E-state index in [-0.39, 0.29) is 23.7 Å². The molecule has 0 radical (unpaired) electrons. The van der Waals surface area contributed by atoms with Gasteiger partial charge in [0.05, 0.1) is 6.07 Å². The fraction of sp³-hybridized carbons (Fsp3) is 0.500. The predicted octanol–water partition coefficient (Wildman–Crippen LogP) is 1.94. The average molecular weight is 287 g/mol. The first kappa shape index (κ1) is 14.0. The number of halogens is 1. The predicted molar refractivity (Wildman–Crippen MR) is 75.6 cm³/mol. The highest BCUT2D eigenvalue weighted by molar-refractivity contribution is 5.81. The Kier molecular flexibility index (Phi) is 3.89. The molecule has 1 aromatic carbocycles. The molecule has 4 nitrogen and oxygen atoms in total. The maximum atomic E-state index is 13.0. The van der Waals surface area contributed by atoms with Crippen molar-refractivity contribution >= 4 is 5.91 Å². The van der Waals surface area contributed by atoms with Gasteiger partial charge in [-0.3, -0.25) is 9.69 Å². The molecule has 2 aliphatic rings. The molecule has 1 unspecified atom stereocenters. The van der Waals surface area contributed by atoms with E-state index in [1.165, 1.54) is 12.1 Å². The van der Waals surface area contributed by atoms with Gasteiger partial charge in [-0.1, -0.05) is 12.1 Å². The Bertz CT molecular complexity index is 554. The highest BCUT2D eigenvalue weighted by Gasteiger charge is 2.35. The smallest absolute Gasteiger partial charge is 0.225 e. The number of carbonyl (C=O) groups excluding carboxylic acids is 1. The van der Waals surface area contributed by atoms with Crippen LogP contribution >= 0.6 is 0 Å². The van der Waals surface area contributed by atoms with Crippen molar-refractivity contribution in [3.05, 3.63) is 35.6 Å². The number of nitrogens with zero attached hydrogens (tertiary/aromatic N) is 3. The van der Waals surface area contributed by atoms with E-state index in [2.05, 4.69) is 11.0 Å². The Labute approximate surface area is 123 Å². The molecule has 2 fully saturated rings. The zero-order chi connectivity index (χ0) is 14.8. The van der Waals surface area contributed by atoms with Crippen molar-refractivity contribution in [3.63, 3.8) is 0 Å². The van der Waals surface area contributed by atoms with Crippen LogP contribution in [0.5, 0.6) is 0 Å². The van der Waals surface area contributed by atoms with Gasteiger partial charge < -0.3 is 4.90 Å². The van der Waals surface area contributed by atoms with Gasteiger partial charge in [-0.05, 0) is 30.5 Å². The summed E-state index contributed by atoms with van der Waals surface area (Å²) in [5.74, 6) is 0.223. The van der Waals surface area contributed by atoms with Crippen LogP contribution in [0.2, 0.25) is 0 Å². The Morgan fingerprint density at radius 2 is 1.81 bits per heavy atom. The van der Waals surface area contributed by atoms with Crippen LogP contribution in [-0.4, -0.2) is 41.9 Å². The van der Waals surface area contributed by atoms with Gasteiger partial charge in [-0.25, -0.2) is 4.39 Å². The maximum Gasteiger partial charge on any atom is 0.225 e. The summed E-state index contributed by atoms with van der Waals surface area (Å²) >= 11 is 0. The summed E-state index contributed by atoms with van der Waals surface area (Å²) in [6, 6.07) is 7.99. The summed E-state index contributed by atoms with van der Waals surface area (Å²) in [5.41, 5.74) is 0.806. The van der Waals surface area contributed by atoms with E-state index >= 15 is 0 Å². The summed E-state index contributed by atoms with van der Waals surface area (Å²) in [7, 11) is 0. The molecule has 1 atom stereocenters. The van der Waals surface area contributed by atoms with E-state index in [0.29, 0.717) is 26.2 Å². The molecule has 110 valence electrons. The van der Waals surface area contributed by atoms with Gasteiger partial charge in [-0.2, -0.15) is 5.26 Å². The molecule has 5 heteroatoms. The van der Waals surface area contributed by atoms with Crippen LogP contribution in [-0.2, 0) is 4.79 Å². The van der Waals surface area contributed by atoms with Gasteiger partial charge in [0.15, 0.2) is 0 Å². The third-order valence-corrected chi connectivity index (χ3v) is 4.23. The number of benzene rings is 1. The van der Waals surface area contributed by atoms with Crippen molar-refractivity contribution in [2.45, 2.75) is 18.9 Å². The molecular weight excluding hydrogens is 269 g/mol. The van der Waals surface area contributed by atoms with E-state index in [0.717, 1.165) is 18.4 Å². The van der Waals surface area contributed by atoms with Crippen molar-refractivity contribution in [1.82, 2.24) is 9.80 Å². The van der Waals surface area contributed by atoms with E-state index in [1.54, 1.807) is 12.1 Å². The molecule has 3 rings (SSSR count). The number of amides is 1. The lowest BCUT2D eigenvalue weighted by Gasteiger charge is -2.37. The maximum absolute atomic E-state index is 13.0. The molecule has 1 amide bonds. The van der Waals surface area contributed by atoms with E-state index in [4.69, 9.17) is 0 Å². The molecule has 1 aliphatic carbocycles. The van der Waals surface area contributed by atoms with Crippen molar-refractivity contribution in [2.75, 3.05) is 26.2 Å². The van der Waals surface area contributed by atoms with Crippen LogP contribution < -0.4 is 0 Å². The molecule has 0 spiro atoms. The monoisotopic (exact) mass is 287 g/mol. The molecule has 1 aromatic rings. The molecule has 1 saturated carbocycles. The zero-order valence-corrected chi connectivity index (χ0v) is 11.8. The van der Waals surface area contributed by atoms with Gasteiger partial charge in [0.1, 0.15) is 11.9 Å². The summed E-state index contributed by atoms with van der Waals surface area (Å²) in [6.45, 7) is 2.73. The number of piperazine rings is 1. The molecule has 1 heterocycles. The minimum atomic E-state index is -0.372. The molecule has 0 bridgehead atoms. The Balaban J connectivity index is 1.63. The van der Waals surface area contributed by atoms with E-state index in [1.807, 2.05) is 4.90 Å². The third kappa shape index (κ3) is 3.06. The van der Waals surface area contributed by atoms with Crippen LogP contribution in [0.25, 0.3) is 0 Å². The topological polar surface area (TPSA) is 47.3 Å². The fourth-order valence-electron chi connectivity index (χ4n) is 2.80. The van der Waals surface area contributed by atoms with Gasteiger partial charge in [0.25, 0.3) is 0 Å². The first-order chi connectivity index (χ1) is 10.2. The molecule has 1 saturated heterocycles. The second-order valence-corrected chi connectivity index (χ2v) is 5.72. The summed E-state index contributed by atoms with van der Waals surface area (Å²) < 4.78 is 13.0. The molecular formula is C16H18FN3O. The second-order valence-electron chi connectivity index (χ2n) is 5.72. The highest BCUT2D eigenvalue weighted by atomic mass is 19.1. The van der Waals surface area contributed by atoms with Crippen LogP contribution in [0.15, 0.2) is 24.3 Å². The van der Waals surface area contributed by atoms with Gasteiger partial charge in [0.2, 0.25) is 5.91 Å². The minimum absolute atomic E-state index is 0.250. The number of carbonyl (C=O) groups is 1. The van der Waals surface area contributed by atoms with Crippen molar-refractivity contribution in [2.24, 2.45) is 5.92 Å². The van der Waals surface area contributed by atoms with Crippen LogP contribution in [0, 0.1) is 23.1 Å². The number of rotatable bonds is 3. The SMILES string of the molecule is N#CC(c1ccc(F)cc1)N1CCN(C(=O)C2CC2)CC1. The lowest BCUT2D eigenvalue weighted by molar-refractivity contribution is -0.134. The highest BCUT2D eigenvalue weighted by Crippen LogP contribution is 2.31. The molecule has 0 aromatic heterocycles. The van der Waals surface area contributed by atoms with Gasteiger partial charge in [-0.15, -0.1) is 0 Å². The number of nitriles is 1. The fourth-order valence-corrected chi connectivity index (χ4v) is 2.80. The largest absolute Gasteiger partial charge is 0.340 e. The zero-order valence-electron chi connectivity index (χ0n) is 11.8. The lowest BCUT2D eigenvalue weighted by atomic mass is 10.1. The van der Waals surface area contributed by atoms with Crippen molar-refractivity contribution in [3.8, 4) is 6.07 Å². The van der Waals surface area contributed by atoms with Crippen molar-refractivity contribution in [1.29, 1.82) is 5.26 Å². The number of hydrogen-bond donors (Lipinski definition) is 0. The average Bonchev–Trinajstić information content (AvgIpc) is 3.35. The minimum Gasteiger partial charge on any atom is -0.340 e. The normalized spacial score (nSPS) is 20.9. The van der Waals surface area contributed by atoms with E-state index in [9.17, 15) is 14.4 Å². The molecule has 0 N–H and O–H groups in total. The standard InChI is InChI=1S/C16H18FN3O/c17-14-5-3-12(4-6-14)15(11-18)19-7-9-20(10-8-19)16(21)13-1-2-13/h3-6,13,15H,1-2,7-10H2. The van der Waals surface area contributed by atoms with Gasteiger partial charge >= 0.3 is 0 Å². The molecule has 21 heavy (non-hydrogen) atoms. The summed E-state index contributed by atoms with van der Waals surface area (Å²) in [6.07, 6.45) is 2.05. The first-order valence-electron chi connectivity index (χ1n) is 7.37. The van der Waals surface area contributed by atoms with Crippen LogP contribution in [0.1, 0.15) is 24.4 Å². The summed E-state index contributed by atoms with van der Waals surface area (Å²) in [4.78, 5) is 16.0. The number of hydrogen-bond acceptors (Lipinski definition) is 3. The second kappa shape index (κ2) is 5.82. The van der Waals surface area contributed by atoms with Crippen LogP contribution in [0.4, 0.5) is 4.39 Å².